The lowest BCUT2D eigenvalue weighted by Crippen LogP contribution is -2.67. The van der Waals surface area contributed by atoms with E-state index < -0.39 is 35.0 Å². The number of aliphatic hydroxyl groups is 1. The largest absolute Gasteiger partial charge is 0.504 e. The fourth-order valence-electron chi connectivity index (χ4n) is 12.2. The number of aromatic hydroxyl groups is 2. The zero-order valence-electron chi connectivity index (χ0n) is 28.7. The van der Waals surface area contributed by atoms with Gasteiger partial charge < -0.3 is 25.2 Å². The number of allylic oxidation sites excluding steroid dienone is 2. The van der Waals surface area contributed by atoms with E-state index in [-0.39, 0.29) is 39.6 Å². The molecule has 46 heavy (non-hydrogen) atoms. The minimum Gasteiger partial charge on any atom is -0.504 e. The number of phenolic OH excluding ortho intramolecular Hbond substituents is 2. The van der Waals surface area contributed by atoms with Gasteiger partial charge in [0.05, 0.1) is 11.5 Å². The number of carboxylic acid groups (broad SMARTS) is 1. The van der Waals surface area contributed by atoms with Crippen LogP contribution in [0, 0.1) is 56.7 Å². The normalized spacial score (nSPS) is 44.6. The van der Waals surface area contributed by atoms with Crippen LogP contribution in [-0.4, -0.2) is 44.6 Å². The Kier molecular flexibility index (Phi) is 7.82. The summed E-state index contributed by atoms with van der Waals surface area (Å²) in [5.41, 5.74) is 0.479. The van der Waals surface area contributed by atoms with Gasteiger partial charge in [-0.3, -0.25) is 4.79 Å². The van der Waals surface area contributed by atoms with E-state index in [1.54, 1.807) is 6.07 Å². The molecular weight excluding hydrogens is 580 g/mol. The van der Waals surface area contributed by atoms with Crippen molar-refractivity contribution in [2.24, 2.45) is 56.7 Å². The lowest BCUT2D eigenvalue weighted by Gasteiger charge is -2.71. The first-order valence-electron chi connectivity index (χ1n) is 17.4. The molecule has 11 atom stereocenters. The lowest BCUT2D eigenvalue weighted by molar-refractivity contribution is -0.238. The van der Waals surface area contributed by atoms with Crippen molar-refractivity contribution in [3.05, 3.63) is 41.5 Å². The maximum absolute atomic E-state index is 13.0. The molecule has 0 aromatic heterocycles. The topological polar surface area (TPSA) is 124 Å². The molecule has 0 bridgehead atoms. The number of carbonyl (C=O) groups is 2. The van der Waals surface area contributed by atoms with Crippen LogP contribution in [0.25, 0.3) is 6.08 Å². The molecule has 0 spiro atoms. The van der Waals surface area contributed by atoms with Crippen molar-refractivity contribution in [1.82, 2.24) is 0 Å². The maximum atomic E-state index is 13.0. The van der Waals surface area contributed by atoms with Crippen LogP contribution in [0.5, 0.6) is 11.5 Å². The Labute approximate surface area is 274 Å². The molecule has 0 amide bonds. The number of carbonyl (C=O) groups excluding carboxylic acids is 1. The Bertz CT molecular complexity index is 1480. The van der Waals surface area contributed by atoms with E-state index in [1.165, 1.54) is 29.9 Å². The molecule has 0 saturated heterocycles. The summed E-state index contributed by atoms with van der Waals surface area (Å²) in [6.45, 7) is 16.1. The minimum absolute atomic E-state index is 0.0366. The highest BCUT2D eigenvalue weighted by molar-refractivity contribution is 5.87. The summed E-state index contributed by atoms with van der Waals surface area (Å²) >= 11 is 0. The standard InChI is InChI=1S/C39H54O7/c1-22-14-17-39(34(44)45)19-18-37(6)25(32(39)23(22)2)10-12-30-36(5)21-28(42)33(35(3,4)29(36)15-16-38(30,37)7)46-31(43)13-9-24-8-11-26(40)27(41)20-24/h8-11,13,20,22-23,28-30,32-33,40-42H,12,14-19,21H2,1-7H3,(H,44,45)/b13-9+/t22-,23+,28+,29-,30+,32+,33-,36-,37+,38+,39-/m0/s1. The molecule has 4 N–H and O–H groups in total. The van der Waals surface area contributed by atoms with Gasteiger partial charge in [0.25, 0.3) is 0 Å². The minimum atomic E-state index is -0.822. The third kappa shape index (κ3) is 4.53. The van der Waals surface area contributed by atoms with Crippen molar-refractivity contribution in [2.75, 3.05) is 0 Å². The second-order valence-corrected chi connectivity index (χ2v) is 17.1. The number of carboxylic acids is 1. The third-order valence-electron chi connectivity index (χ3n) is 15.0. The summed E-state index contributed by atoms with van der Waals surface area (Å²) in [6, 6.07) is 4.33. The molecule has 5 aliphatic carbocycles. The Morgan fingerprint density at radius 2 is 1.65 bits per heavy atom. The van der Waals surface area contributed by atoms with Crippen molar-refractivity contribution in [3.63, 3.8) is 0 Å². The molecule has 0 aliphatic heterocycles. The van der Waals surface area contributed by atoms with Gasteiger partial charge in [-0.25, -0.2) is 4.79 Å². The Morgan fingerprint density at radius 3 is 2.33 bits per heavy atom. The number of hydrogen-bond acceptors (Lipinski definition) is 6. The molecule has 0 radical (unpaired) electrons. The first kappa shape index (κ1) is 33.1. The smallest absolute Gasteiger partial charge is 0.331 e. The quantitative estimate of drug-likeness (QED) is 0.116. The molecular formula is C39H54O7. The Hall–Kier alpha value is -2.80. The van der Waals surface area contributed by atoms with Crippen LogP contribution in [0.3, 0.4) is 0 Å². The fourth-order valence-corrected chi connectivity index (χ4v) is 12.2. The molecule has 1 aromatic rings. The van der Waals surface area contributed by atoms with Gasteiger partial charge >= 0.3 is 11.9 Å². The van der Waals surface area contributed by atoms with Crippen molar-refractivity contribution in [2.45, 2.75) is 112 Å². The van der Waals surface area contributed by atoms with Gasteiger partial charge in [0, 0.05) is 11.5 Å². The summed E-state index contributed by atoms with van der Waals surface area (Å²) in [6.07, 6.45) is 10.6. The molecule has 5 aliphatic rings. The van der Waals surface area contributed by atoms with E-state index in [2.05, 4.69) is 54.5 Å². The predicted octanol–water partition coefficient (Wildman–Crippen LogP) is 7.74. The van der Waals surface area contributed by atoms with Gasteiger partial charge in [0.1, 0.15) is 6.10 Å². The summed E-state index contributed by atoms with van der Waals surface area (Å²) < 4.78 is 6.01. The van der Waals surface area contributed by atoms with Gasteiger partial charge in [-0.05, 0) is 121 Å². The summed E-state index contributed by atoms with van der Waals surface area (Å²) in [7, 11) is 0. The Balaban J connectivity index is 1.29. The van der Waals surface area contributed by atoms with Crippen molar-refractivity contribution in [1.29, 1.82) is 0 Å². The van der Waals surface area contributed by atoms with E-state index >= 15 is 0 Å². The molecule has 4 fully saturated rings. The lowest BCUT2D eigenvalue weighted by atomic mass is 9.33. The average molecular weight is 635 g/mol. The van der Waals surface area contributed by atoms with Crippen LogP contribution < -0.4 is 0 Å². The second kappa shape index (κ2) is 10.9. The van der Waals surface area contributed by atoms with E-state index in [1.807, 2.05) is 0 Å². The van der Waals surface area contributed by atoms with Crippen molar-refractivity contribution >= 4 is 18.0 Å². The molecule has 0 unspecified atom stereocenters. The van der Waals surface area contributed by atoms with E-state index in [4.69, 9.17) is 4.74 Å². The molecule has 7 heteroatoms. The van der Waals surface area contributed by atoms with Crippen molar-refractivity contribution in [3.8, 4) is 11.5 Å². The zero-order chi connectivity index (χ0) is 33.6. The molecule has 252 valence electrons. The van der Waals surface area contributed by atoms with E-state index in [9.17, 15) is 30.0 Å². The van der Waals surface area contributed by atoms with Gasteiger partial charge in [0.2, 0.25) is 0 Å². The van der Waals surface area contributed by atoms with Crippen LogP contribution in [0.1, 0.15) is 105 Å². The molecule has 6 rings (SSSR count). The van der Waals surface area contributed by atoms with Gasteiger partial charge in [-0.1, -0.05) is 66.2 Å². The first-order valence-corrected chi connectivity index (χ1v) is 17.4. The first-order chi connectivity index (χ1) is 21.4. The second-order valence-electron chi connectivity index (χ2n) is 17.1. The van der Waals surface area contributed by atoms with E-state index in [0.717, 1.165) is 44.9 Å². The third-order valence-corrected chi connectivity index (χ3v) is 15.0. The van der Waals surface area contributed by atoms with Crippen LogP contribution in [0.4, 0.5) is 0 Å². The zero-order valence-corrected chi connectivity index (χ0v) is 28.7. The monoisotopic (exact) mass is 634 g/mol. The number of ether oxygens (including phenoxy) is 1. The molecule has 4 saturated carbocycles. The number of phenols is 2. The van der Waals surface area contributed by atoms with Gasteiger partial charge in [-0.15, -0.1) is 0 Å². The average Bonchev–Trinajstić information content (AvgIpc) is 2.97. The van der Waals surface area contributed by atoms with E-state index in [0.29, 0.717) is 29.7 Å². The molecule has 7 nitrogen and oxygen atoms in total. The number of benzene rings is 1. The van der Waals surface area contributed by atoms with Crippen LogP contribution in [-0.2, 0) is 14.3 Å². The summed E-state index contributed by atoms with van der Waals surface area (Å²) in [5, 5.41) is 41.8. The maximum Gasteiger partial charge on any atom is 0.331 e. The number of esters is 1. The Morgan fingerprint density at radius 1 is 0.935 bits per heavy atom. The molecule has 1 aromatic carbocycles. The number of aliphatic carboxylic acids is 1. The van der Waals surface area contributed by atoms with Crippen molar-refractivity contribution < 1.29 is 34.8 Å². The molecule has 0 heterocycles. The van der Waals surface area contributed by atoms with Gasteiger partial charge in [0.15, 0.2) is 11.5 Å². The van der Waals surface area contributed by atoms with Gasteiger partial charge in [-0.2, -0.15) is 0 Å². The highest BCUT2D eigenvalue weighted by Gasteiger charge is 2.70. The predicted molar refractivity (Wildman–Crippen MR) is 177 cm³/mol. The highest BCUT2D eigenvalue weighted by Crippen LogP contribution is 2.75. The number of fused-ring (bicyclic) bond motifs is 7. The SMILES string of the molecule is C[C@@H]1[C@@H](C)CC[C@]2(C(=O)O)CC[C@]3(C)C(=CC[C@@H]4[C@@]5(C)C[C@@H](O)[C@H](OC(=O)/C=C/c6ccc(O)c(O)c6)C(C)(C)[C@@H]5CC[C@]43C)[C@@H]12. The number of rotatable bonds is 4. The number of aliphatic hydroxyl groups excluding tert-OH is 1. The van der Waals surface area contributed by atoms with Crippen LogP contribution >= 0.6 is 0 Å². The highest BCUT2D eigenvalue weighted by atomic mass is 16.6. The fraction of sp³-hybridized carbons (Fsp3) is 0.692. The van der Waals surface area contributed by atoms with Crippen LogP contribution in [0.15, 0.2) is 35.9 Å². The summed E-state index contributed by atoms with van der Waals surface area (Å²) in [4.78, 5) is 26.0. The number of hydrogen-bond donors (Lipinski definition) is 4. The van der Waals surface area contributed by atoms with Crippen LogP contribution in [0.2, 0.25) is 0 Å². The summed E-state index contributed by atoms with van der Waals surface area (Å²) in [5.74, 6) is -0.237.